The maximum Gasteiger partial charge on any atom is 0.261 e. The molecule has 0 fully saturated rings. The summed E-state index contributed by atoms with van der Waals surface area (Å²) in [4.78, 5) is 0.252. The molecule has 4 nitrogen and oxygen atoms in total. The lowest BCUT2D eigenvalue weighted by atomic mass is 10.1. The Morgan fingerprint density at radius 1 is 0.800 bits per heavy atom. The van der Waals surface area contributed by atoms with Crippen LogP contribution in [0.1, 0.15) is 31.2 Å². The van der Waals surface area contributed by atoms with E-state index in [-0.39, 0.29) is 4.90 Å². The van der Waals surface area contributed by atoms with E-state index in [1.807, 2.05) is 54.6 Å². The van der Waals surface area contributed by atoms with Gasteiger partial charge in [-0.3, -0.25) is 4.72 Å². The van der Waals surface area contributed by atoms with Crippen LogP contribution in [0.5, 0.6) is 5.75 Å². The largest absolute Gasteiger partial charge is 0.494 e. The Kier molecular flexibility index (Phi) is 8.10. The number of rotatable bonds is 11. The number of allylic oxidation sites excluding steroid dienone is 1. The SMILES string of the molecule is O=S(=O)(Nc1cccc(/C=C/CCCCCOc2ccccc2)c1)c1ccccc1. The third kappa shape index (κ3) is 7.08. The van der Waals surface area contributed by atoms with Gasteiger partial charge in [0.25, 0.3) is 10.0 Å². The van der Waals surface area contributed by atoms with Crippen LogP contribution in [0.3, 0.4) is 0 Å². The van der Waals surface area contributed by atoms with E-state index in [0.717, 1.165) is 43.6 Å². The lowest BCUT2D eigenvalue weighted by Gasteiger charge is -2.08. The van der Waals surface area contributed by atoms with Crippen molar-refractivity contribution in [2.75, 3.05) is 11.3 Å². The third-order valence-corrected chi connectivity index (χ3v) is 5.93. The lowest BCUT2D eigenvalue weighted by Crippen LogP contribution is -2.12. The van der Waals surface area contributed by atoms with Gasteiger partial charge in [0.1, 0.15) is 5.75 Å². The van der Waals surface area contributed by atoms with Crippen LogP contribution in [0.25, 0.3) is 6.08 Å². The molecule has 0 aliphatic rings. The first-order valence-corrected chi connectivity index (χ1v) is 11.6. The summed E-state index contributed by atoms with van der Waals surface area (Å²) >= 11 is 0. The van der Waals surface area contributed by atoms with Crippen LogP contribution in [0.15, 0.2) is 95.9 Å². The van der Waals surface area contributed by atoms with E-state index in [2.05, 4.69) is 10.8 Å². The molecule has 0 spiro atoms. The highest BCUT2D eigenvalue weighted by atomic mass is 32.2. The molecule has 0 saturated carbocycles. The number of benzene rings is 3. The van der Waals surface area contributed by atoms with Crippen LogP contribution in [0, 0.1) is 0 Å². The van der Waals surface area contributed by atoms with Crippen molar-refractivity contribution in [3.05, 3.63) is 96.6 Å². The fourth-order valence-corrected chi connectivity index (χ4v) is 4.06. The van der Waals surface area contributed by atoms with Gasteiger partial charge in [0.2, 0.25) is 0 Å². The van der Waals surface area contributed by atoms with Crippen molar-refractivity contribution in [3.63, 3.8) is 0 Å². The molecule has 0 amide bonds. The number of nitrogens with one attached hydrogen (secondary N) is 1. The van der Waals surface area contributed by atoms with Crippen molar-refractivity contribution in [1.82, 2.24) is 0 Å². The van der Waals surface area contributed by atoms with Gasteiger partial charge in [-0.15, -0.1) is 0 Å². The molecule has 0 radical (unpaired) electrons. The summed E-state index contributed by atoms with van der Waals surface area (Å²) in [5.74, 6) is 0.917. The van der Waals surface area contributed by atoms with Crippen molar-refractivity contribution in [3.8, 4) is 5.75 Å². The van der Waals surface area contributed by atoms with E-state index >= 15 is 0 Å². The van der Waals surface area contributed by atoms with E-state index in [4.69, 9.17) is 4.74 Å². The summed E-state index contributed by atoms with van der Waals surface area (Å²) in [6.45, 7) is 0.733. The van der Waals surface area contributed by atoms with Crippen LogP contribution in [-0.4, -0.2) is 15.0 Å². The Balaban J connectivity index is 1.41. The Morgan fingerprint density at radius 2 is 1.53 bits per heavy atom. The first-order chi connectivity index (χ1) is 14.6. The number of anilines is 1. The Labute approximate surface area is 179 Å². The summed E-state index contributed by atoms with van der Waals surface area (Å²) < 4.78 is 33.2. The summed E-state index contributed by atoms with van der Waals surface area (Å²) in [5, 5.41) is 0. The molecule has 0 heterocycles. The standard InChI is InChI=1S/C25H27NO3S/c27-30(28,25-18-9-5-10-19-25)26-23-15-12-14-22(21-23)13-6-2-1-3-11-20-29-24-16-7-4-8-17-24/h4-10,12-19,21,26H,1-3,11,20H2/b13-6+. The van der Waals surface area contributed by atoms with E-state index in [0.29, 0.717) is 5.69 Å². The van der Waals surface area contributed by atoms with E-state index in [1.165, 1.54) is 0 Å². The smallest absolute Gasteiger partial charge is 0.261 e. The summed E-state index contributed by atoms with van der Waals surface area (Å²) in [7, 11) is -3.57. The highest BCUT2D eigenvalue weighted by Crippen LogP contribution is 2.18. The van der Waals surface area contributed by atoms with Gasteiger partial charge in [-0.1, -0.05) is 60.7 Å². The monoisotopic (exact) mass is 421 g/mol. The minimum Gasteiger partial charge on any atom is -0.494 e. The lowest BCUT2D eigenvalue weighted by molar-refractivity contribution is 0.305. The minimum absolute atomic E-state index is 0.252. The van der Waals surface area contributed by atoms with Gasteiger partial charge in [0.05, 0.1) is 11.5 Å². The van der Waals surface area contributed by atoms with E-state index in [9.17, 15) is 8.42 Å². The molecular weight excluding hydrogens is 394 g/mol. The van der Waals surface area contributed by atoms with E-state index < -0.39 is 10.0 Å². The molecule has 0 unspecified atom stereocenters. The zero-order chi connectivity index (χ0) is 21.1. The molecule has 0 atom stereocenters. The minimum atomic E-state index is -3.57. The Morgan fingerprint density at radius 3 is 2.30 bits per heavy atom. The molecule has 3 aromatic rings. The molecule has 30 heavy (non-hydrogen) atoms. The first kappa shape index (κ1) is 21.7. The molecule has 1 N–H and O–H groups in total. The zero-order valence-corrected chi connectivity index (χ0v) is 17.7. The highest BCUT2D eigenvalue weighted by molar-refractivity contribution is 7.92. The average molecular weight is 422 g/mol. The first-order valence-electron chi connectivity index (χ1n) is 10.2. The van der Waals surface area contributed by atoms with Gasteiger partial charge < -0.3 is 4.74 Å². The van der Waals surface area contributed by atoms with Gasteiger partial charge in [-0.05, 0) is 67.6 Å². The summed E-state index contributed by atoms with van der Waals surface area (Å²) in [5.41, 5.74) is 1.52. The van der Waals surface area contributed by atoms with Gasteiger partial charge >= 0.3 is 0 Å². The van der Waals surface area contributed by atoms with E-state index in [1.54, 1.807) is 36.4 Å². The molecule has 0 bridgehead atoms. The van der Waals surface area contributed by atoms with Gasteiger partial charge in [-0.2, -0.15) is 0 Å². The van der Waals surface area contributed by atoms with Crippen LogP contribution >= 0.6 is 0 Å². The molecular formula is C25H27NO3S. The van der Waals surface area contributed by atoms with Gasteiger partial charge in [0, 0.05) is 5.69 Å². The maximum absolute atomic E-state index is 12.4. The normalized spacial score (nSPS) is 11.5. The van der Waals surface area contributed by atoms with Crippen LogP contribution in [0.4, 0.5) is 5.69 Å². The summed E-state index contributed by atoms with van der Waals surface area (Å²) in [6, 6.07) is 25.6. The van der Waals surface area contributed by atoms with Crippen molar-refractivity contribution >= 4 is 21.8 Å². The zero-order valence-electron chi connectivity index (χ0n) is 16.9. The maximum atomic E-state index is 12.4. The third-order valence-electron chi connectivity index (χ3n) is 4.53. The summed E-state index contributed by atoms with van der Waals surface area (Å²) in [6.07, 6.45) is 8.36. The number of hydrogen-bond acceptors (Lipinski definition) is 3. The Bertz CT molecular complexity index is 1030. The number of unbranched alkanes of at least 4 members (excludes halogenated alkanes) is 3. The number of para-hydroxylation sites is 1. The predicted octanol–water partition coefficient (Wildman–Crippen LogP) is 6.14. The topological polar surface area (TPSA) is 55.4 Å². The quantitative estimate of drug-likeness (QED) is 0.378. The molecule has 0 aliphatic heterocycles. The highest BCUT2D eigenvalue weighted by Gasteiger charge is 2.13. The van der Waals surface area contributed by atoms with Crippen molar-refractivity contribution < 1.29 is 13.2 Å². The van der Waals surface area contributed by atoms with Crippen LogP contribution < -0.4 is 9.46 Å². The fourth-order valence-electron chi connectivity index (χ4n) is 2.99. The number of hydrogen-bond donors (Lipinski definition) is 1. The fraction of sp³-hybridized carbons (Fsp3) is 0.200. The van der Waals surface area contributed by atoms with Gasteiger partial charge in [0.15, 0.2) is 0 Å². The number of ether oxygens (including phenoxy) is 1. The second-order valence-electron chi connectivity index (χ2n) is 6.96. The molecule has 0 aliphatic carbocycles. The Hall–Kier alpha value is -3.05. The molecule has 5 heteroatoms. The molecule has 3 rings (SSSR count). The second kappa shape index (κ2) is 11.2. The molecule has 156 valence electrons. The second-order valence-corrected chi connectivity index (χ2v) is 8.64. The average Bonchev–Trinajstić information content (AvgIpc) is 2.77. The predicted molar refractivity (Wildman–Crippen MR) is 123 cm³/mol. The molecule has 0 saturated heterocycles. The van der Waals surface area contributed by atoms with Crippen LogP contribution in [0.2, 0.25) is 0 Å². The van der Waals surface area contributed by atoms with Crippen molar-refractivity contribution in [2.45, 2.75) is 30.6 Å². The van der Waals surface area contributed by atoms with Crippen molar-refractivity contribution in [2.24, 2.45) is 0 Å². The van der Waals surface area contributed by atoms with Crippen molar-refractivity contribution in [1.29, 1.82) is 0 Å². The van der Waals surface area contributed by atoms with Gasteiger partial charge in [-0.25, -0.2) is 8.42 Å². The molecule has 0 aromatic heterocycles. The van der Waals surface area contributed by atoms with Crippen LogP contribution in [-0.2, 0) is 10.0 Å². The molecule has 3 aromatic carbocycles. The number of sulfonamides is 1.